The third-order valence-electron chi connectivity index (χ3n) is 2.37. The molecule has 0 aliphatic carbocycles. The van der Waals surface area contributed by atoms with Crippen molar-refractivity contribution in [3.63, 3.8) is 0 Å². The Balaban J connectivity index is 2.05. The van der Waals surface area contributed by atoms with Gasteiger partial charge in [0.15, 0.2) is 0 Å². The highest BCUT2D eigenvalue weighted by Crippen LogP contribution is 2.13. The molecule has 1 N–H and O–H groups in total. The normalized spacial score (nSPS) is 10.3. The number of ether oxygens (including phenoxy) is 1. The molecule has 0 saturated heterocycles. The summed E-state index contributed by atoms with van der Waals surface area (Å²) in [7, 11) is 0. The van der Waals surface area contributed by atoms with Crippen LogP contribution in [0.5, 0.6) is 5.88 Å². The molecule has 1 aromatic carbocycles. The van der Waals surface area contributed by atoms with Crippen molar-refractivity contribution in [2.75, 3.05) is 11.9 Å². The molecular formula is C13H13F2N3O. The Kier molecular flexibility index (Phi) is 4.22. The number of rotatable bonds is 5. The molecule has 1 aromatic heterocycles. The van der Waals surface area contributed by atoms with Crippen LogP contribution in [0.2, 0.25) is 0 Å². The van der Waals surface area contributed by atoms with Crippen molar-refractivity contribution in [2.45, 2.75) is 13.5 Å². The lowest BCUT2D eigenvalue weighted by molar-refractivity contribution is 0.326. The lowest BCUT2D eigenvalue weighted by atomic mass is 10.2. The Morgan fingerprint density at radius 3 is 2.89 bits per heavy atom. The van der Waals surface area contributed by atoms with Gasteiger partial charge in [0.25, 0.3) is 0 Å². The molecular weight excluding hydrogens is 252 g/mol. The highest BCUT2D eigenvalue weighted by Gasteiger charge is 2.05. The summed E-state index contributed by atoms with van der Waals surface area (Å²) in [5.74, 6) is -0.230. The number of nitrogens with zero attached hydrogens (tertiary/aromatic N) is 2. The van der Waals surface area contributed by atoms with E-state index in [4.69, 9.17) is 4.74 Å². The first-order chi connectivity index (χ1) is 9.19. The van der Waals surface area contributed by atoms with Crippen molar-refractivity contribution in [3.8, 4) is 5.88 Å². The molecule has 0 saturated carbocycles. The largest absolute Gasteiger partial charge is 0.478 e. The van der Waals surface area contributed by atoms with Crippen molar-refractivity contribution in [3.05, 3.63) is 47.7 Å². The molecule has 6 heteroatoms. The molecule has 0 radical (unpaired) electrons. The smallest absolute Gasteiger partial charge is 0.226 e. The van der Waals surface area contributed by atoms with Crippen molar-refractivity contribution in [1.82, 2.24) is 9.97 Å². The van der Waals surface area contributed by atoms with Gasteiger partial charge < -0.3 is 10.1 Å². The van der Waals surface area contributed by atoms with E-state index in [1.165, 1.54) is 6.20 Å². The molecule has 1 heterocycles. The van der Waals surface area contributed by atoms with Crippen LogP contribution in [0.4, 0.5) is 14.7 Å². The summed E-state index contributed by atoms with van der Waals surface area (Å²) in [5.41, 5.74) is 0.213. The second-order valence-corrected chi connectivity index (χ2v) is 3.74. The van der Waals surface area contributed by atoms with Gasteiger partial charge in [-0.15, -0.1) is 0 Å². The Labute approximate surface area is 109 Å². The number of hydrogen-bond donors (Lipinski definition) is 1. The molecule has 0 atom stereocenters. The monoisotopic (exact) mass is 265 g/mol. The maximum absolute atomic E-state index is 13.4. The first kappa shape index (κ1) is 13.2. The summed E-state index contributed by atoms with van der Waals surface area (Å²) < 4.78 is 31.6. The molecule has 0 spiro atoms. The number of aromatic nitrogens is 2. The van der Waals surface area contributed by atoms with E-state index in [9.17, 15) is 8.78 Å². The zero-order valence-electron chi connectivity index (χ0n) is 10.4. The van der Waals surface area contributed by atoms with E-state index in [1.807, 2.05) is 6.92 Å². The molecule has 2 rings (SSSR count). The molecule has 0 fully saturated rings. The van der Waals surface area contributed by atoms with Gasteiger partial charge in [-0.05, 0) is 25.1 Å². The first-order valence-electron chi connectivity index (χ1n) is 5.82. The van der Waals surface area contributed by atoms with Crippen molar-refractivity contribution in [2.24, 2.45) is 0 Å². The number of benzene rings is 1. The van der Waals surface area contributed by atoms with E-state index in [0.29, 0.717) is 18.4 Å². The van der Waals surface area contributed by atoms with E-state index in [1.54, 1.807) is 6.07 Å². The number of anilines is 1. The number of nitrogens with one attached hydrogen (secondary N) is 1. The van der Waals surface area contributed by atoms with Crippen LogP contribution in [0, 0.1) is 11.6 Å². The second-order valence-electron chi connectivity index (χ2n) is 3.74. The quantitative estimate of drug-likeness (QED) is 0.903. The minimum absolute atomic E-state index is 0.0964. The van der Waals surface area contributed by atoms with Gasteiger partial charge in [0.05, 0.1) is 6.61 Å². The molecule has 4 nitrogen and oxygen atoms in total. The maximum Gasteiger partial charge on any atom is 0.226 e. The van der Waals surface area contributed by atoms with Gasteiger partial charge in [-0.25, -0.2) is 13.8 Å². The summed E-state index contributed by atoms with van der Waals surface area (Å²) in [4.78, 5) is 8.04. The Bertz CT molecular complexity index is 563. The van der Waals surface area contributed by atoms with E-state index >= 15 is 0 Å². The average Bonchev–Trinajstić information content (AvgIpc) is 2.41. The minimum atomic E-state index is -0.484. The summed E-state index contributed by atoms with van der Waals surface area (Å²) in [6.07, 6.45) is 1.53. The fourth-order valence-electron chi connectivity index (χ4n) is 1.51. The van der Waals surface area contributed by atoms with Gasteiger partial charge in [-0.2, -0.15) is 4.98 Å². The predicted octanol–water partition coefficient (Wildman–Crippen LogP) is 2.77. The molecule has 0 unspecified atom stereocenters. The highest BCUT2D eigenvalue weighted by molar-refractivity contribution is 5.30. The number of halogens is 2. The predicted molar refractivity (Wildman–Crippen MR) is 66.9 cm³/mol. The first-order valence-corrected chi connectivity index (χ1v) is 5.82. The maximum atomic E-state index is 13.4. The summed E-state index contributed by atoms with van der Waals surface area (Å²) in [5, 5.41) is 2.82. The minimum Gasteiger partial charge on any atom is -0.478 e. The Morgan fingerprint density at radius 2 is 2.11 bits per heavy atom. The molecule has 100 valence electrons. The summed E-state index contributed by atoms with van der Waals surface area (Å²) >= 11 is 0. The second kappa shape index (κ2) is 6.08. The fourth-order valence-corrected chi connectivity index (χ4v) is 1.51. The molecule has 0 amide bonds. The van der Waals surface area contributed by atoms with Gasteiger partial charge in [-0.1, -0.05) is 0 Å². The zero-order valence-corrected chi connectivity index (χ0v) is 10.4. The van der Waals surface area contributed by atoms with Crippen LogP contribution >= 0.6 is 0 Å². The SMILES string of the molecule is CCOc1ccnc(NCc2cc(F)ccc2F)n1. The van der Waals surface area contributed by atoms with Crippen LogP contribution in [0.3, 0.4) is 0 Å². The van der Waals surface area contributed by atoms with Crippen molar-refractivity contribution < 1.29 is 13.5 Å². The summed E-state index contributed by atoms with van der Waals surface area (Å²) in [6, 6.07) is 4.92. The molecule has 0 aliphatic rings. The number of hydrogen-bond acceptors (Lipinski definition) is 4. The van der Waals surface area contributed by atoms with Crippen molar-refractivity contribution >= 4 is 5.95 Å². The molecule has 2 aromatic rings. The van der Waals surface area contributed by atoms with Gasteiger partial charge in [0, 0.05) is 24.4 Å². The molecule has 19 heavy (non-hydrogen) atoms. The average molecular weight is 265 g/mol. The van der Waals surface area contributed by atoms with E-state index in [2.05, 4.69) is 15.3 Å². The lowest BCUT2D eigenvalue weighted by Gasteiger charge is -2.07. The van der Waals surface area contributed by atoms with Gasteiger partial charge in [0.2, 0.25) is 11.8 Å². The van der Waals surface area contributed by atoms with Crippen molar-refractivity contribution in [1.29, 1.82) is 0 Å². The summed E-state index contributed by atoms with van der Waals surface area (Å²) in [6.45, 7) is 2.44. The van der Waals surface area contributed by atoms with Crippen LogP contribution in [0.1, 0.15) is 12.5 Å². The Hall–Kier alpha value is -2.24. The van der Waals surface area contributed by atoms with Crippen LogP contribution in [0.15, 0.2) is 30.5 Å². The van der Waals surface area contributed by atoms with E-state index < -0.39 is 11.6 Å². The van der Waals surface area contributed by atoms with Crippen LogP contribution < -0.4 is 10.1 Å². The van der Waals surface area contributed by atoms with Gasteiger partial charge >= 0.3 is 0 Å². The zero-order chi connectivity index (χ0) is 13.7. The lowest BCUT2D eigenvalue weighted by Crippen LogP contribution is -2.06. The van der Waals surface area contributed by atoms with E-state index in [0.717, 1.165) is 18.2 Å². The van der Waals surface area contributed by atoms with Crippen LogP contribution in [0.25, 0.3) is 0 Å². The van der Waals surface area contributed by atoms with Crippen LogP contribution in [-0.2, 0) is 6.54 Å². The topological polar surface area (TPSA) is 47.0 Å². The van der Waals surface area contributed by atoms with Crippen LogP contribution in [-0.4, -0.2) is 16.6 Å². The Morgan fingerprint density at radius 1 is 1.26 bits per heavy atom. The van der Waals surface area contributed by atoms with E-state index in [-0.39, 0.29) is 12.1 Å². The fraction of sp³-hybridized carbons (Fsp3) is 0.231. The standard InChI is InChI=1S/C13H13F2N3O/c1-2-19-12-5-6-16-13(18-12)17-8-9-7-10(14)3-4-11(9)15/h3-7H,2,8H2,1H3,(H,16,17,18). The third kappa shape index (κ3) is 3.61. The molecule has 0 bridgehead atoms. The molecule has 0 aliphatic heterocycles. The van der Waals surface area contributed by atoms with Gasteiger partial charge in [-0.3, -0.25) is 0 Å². The highest BCUT2D eigenvalue weighted by atomic mass is 19.1. The van der Waals surface area contributed by atoms with Gasteiger partial charge in [0.1, 0.15) is 11.6 Å². The third-order valence-corrected chi connectivity index (χ3v) is 2.37.